The number of furan rings is 1. The van der Waals surface area contributed by atoms with Crippen LogP contribution in [0.2, 0.25) is 0 Å². The van der Waals surface area contributed by atoms with Gasteiger partial charge in [-0.25, -0.2) is 0 Å². The van der Waals surface area contributed by atoms with Crippen LogP contribution in [0.1, 0.15) is 38.0 Å². The number of benzene rings is 1. The minimum atomic E-state index is -0.347. The standard InChI is InChI=1S/C23H29N3O4/c1-2-29-19-9-7-18(8-10-19)26-16-17(14-22(26)27)23(28)24-15-20(21-6-5-13-30-21)25-11-3-4-12-25/h5-10,13,17,20H,2-4,11-12,14-16H2,1H3,(H,24,28)/t17-,20+/m0/s1. The molecule has 2 saturated heterocycles. The fraction of sp³-hybridized carbons (Fsp3) is 0.478. The van der Waals surface area contributed by atoms with E-state index in [-0.39, 0.29) is 30.2 Å². The highest BCUT2D eigenvalue weighted by Gasteiger charge is 2.36. The average Bonchev–Trinajstić information content (AvgIpc) is 3.52. The van der Waals surface area contributed by atoms with E-state index in [2.05, 4.69) is 10.2 Å². The van der Waals surface area contributed by atoms with Gasteiger partial charge in [0.05, 0.1) is 24.8 Å². The van der Waals surface area contributed by atoms with Gasteiger partial charge < -0.3 is 19.4 Å². The first kappa shape index (κ1) is 20.5. The summed E-state index contributed by atoms with van der Waals surface area (Å²) in [5, 5.41) is 3.07. The third kappa shape index (κ3) is 4.51. The maximum Gasteiger partial charge on any atom is 0.227 e. The number of nitrogens with one attached hydrogen (secondary N) is 1. The predicted molar refractivity (Wildman–Crippen MR) is 113 cm³/mol. The van der Waals surface area contributed by atoms with Crippen LogP contribution in [0.3, 0.4) is 0 Å². The third-order valence-electron chi connectivity index (χ3n) is 5.88. The zero-order valence-corrected chi connectivity index (χ0v) is 17.4. The normalized spacial score (nSPS) is 20.5. The van der Waals surface area contributed by atoms with Gasteiger partial charge in [-0.05, 0) is 69.3 Å². The number of carbonyl (C=O) groups is 2. The molecule has 4 rings (SSSR count). The van der Waals surface area contributed by atoms with Crippen molar-refractivity contribution < 1.29 is 18.7 Å². The van der Waals surface area contributed by atoms with Crippen molar-refractivity contribution >= 4 is 17.5 Å². The van der Waals surface area contributed by atoms with E-state index in [1.165, 1.54) is 12.8 Å². The Balaban J connectivity index is 1.36. The molecule has 30 heavy (non-hydrogen) atoms. The molecule has 0 bridgehead atoms. The summed E-state index contributed by atoms with van der Waals surface area (Å²) in [6.07, 6.45) is 4.23. The third-order valence-corrected chi connectivity index (χ3v) is 5.88. The largest absolute Gasteiger partial charge is 0.494 e. The number of hydrogen-bond acceptors (Lipinski definition) is 5. The first-order chi connectivity index (χ1) is 14.7. The lowest BCUT2D eigenvalue weighted by molar-refractivity contribution is -0.126. The Bertz CT molecular complexity index is 844. The van der Waals surface area contributed by atoms with E-state index in [9.17, 15) is 9.59 Å². The molecule has 2 aliphatic rings. The van der Waals surface area contributed by atoms with Crippen molar-refractivity contribution in [3.8, 4) is 5.75 Å². The lowest BCUT2D eigenvalue weighted by Crippen LogP contribution is -2.39. The summed E-state index contributed by atoms with van der Waals surface area (Å²) in [5.74, 6) is 1.19. The van der Waals surface area contributed by atoms with Crippen molar-refractivity contribution in [2.24, 2.45) is 5.92 Å². The molecule has 1 N–H and O–H groups in total. The monoisotopic (exact) mass is 411 g/mol. The second-order valence-corrected chi connectivity index (χ2v) is 7.85. The molecular weight excluding hydrogens is 382 g/mol. The van der Waals surface area contributed by atoms with Gasteiger partial charge in [-0.15, -0.1) is 0 Å². The number of nitrogens with zero attached hydrogens (tertiary/aromatic N) is 2. The molecular formula is C23H29N3O4. The number of ether oxygens (including phenoxy) is 1. The molecule has 2 aromatic rings. The molecule has 0 aliphatic carbocycles. The molecule has 0 radical (unpaired) electrons. The summed E-state index contributed by atoms with van der Waals surface area (Å²) >= 11 is 0. The molecule has 2 aliphatic heterocycles. The quantitative estimate of drug-likeness (QED) is 0.723. The SMILES string of the molecule is CCOc1ccc(N2C[C@@H](C(=O)NC[C@H](c3ccco3)N3CCCC3)CC2=O)cc1. The van der Waals surface area contributed by atoms with Gasteiger partial charge >= 0.3 is 0 Å². The van der Waals surface area contributed by atoms with Crippen LogP contribution in [0, 0.1) is 5.92 Å². The zero-order valence-electron chi connectivity index (χ0n) is 17.4. The highest BCUT2D eigenvalue weighted by atomic mass is 16.5. The topological polar surface area (TPSA) is 75.0 Å². The smallest absolute Gasteiger partial charge is 0.227 e. The van der Waals surface area contributed by atoms with Crippen LogP contribution in [-0.4, -0.2) is 49.5 Å². The van der Waals surface area contributed by atoms with Crippen LogP contribution in [0.5, 0.6) is 5.75 Å². The van der Waals surface area contributed by atoms with Crippen LogP contribution >= 0.6 is 0 Å². The van der Waals surface area contributed by atoms with E-state index in [0.29, 0.717) is 19.7 Å². The maximum absolute atomic E-state index is 12.8. The van der Waals surface area contributed by atoms with Gasteiger partial charge in [0.2, 0.25) is 11.8 Å². The van der Waals surface area contributed by atoms with E-state index in [1.807, 2.05) is 43.3 Å². The summed E-state index contributed by atoms with van der Waals surface area (Å²) < 4.78 is 11.1. The summed E-state index contributed by atoms with van der Waals surface area (Å²) in [4.78, 5) is 29.4. The van der Waals surface area contributed by atoms with Crippen LogP contribution in [0.25, 0.3) is 0 Å². The molecule has 3 heterocycles. The van der Waals surface area contributed by atoms with Gasteiger partial charge in [0, 0.05) is 25.2 Å². The van der Waals surface area contributed by atoms with Gasteiger partial charge in [0.1, 0.15) is 11.5 Å². The fourth-order valence-corrected chi connectivity index (χ4v) is 4.31. The van der Waals surface area contributed by atoms with Crippen LogP contribution in [0.15, 0.2) is 47.1 Å². The van der Waals surface area contributed by atoms with Gasteiger partial charge in [0.25, 0.3) is 0 Å². The number of carbonyl (C=O) groups excluding carboxylic acids is 2. The Labute approximate surface area is 177 Å². The molecule has 1 aromatic carbocycles. The van der Waals surface area contributed by atoms with Gasteiger partial charge in [-0.3, -0.25) is 14.5 Å². The highest BCUT2D eigenvalue weighted by Crippen LogP contribution is 2.28. The molecule has 7 heteroatoms. The van der Waals surface area contributed by atoms with Crippen molar-refractivity contribution in [1.29, 1.82) is 0 Å². The Morgan fingerprint density at radius 3 is 2.67 bits per heavy atom. The van der Waals surface area contributed by atoms with Crippen molar-refractivity contribution in [3.63, 3.8) is 0 Å². The molecule has 2 amide bonds. The predicted octanol–water partition coefficient (Wildman–Crippen LogP) is 2.98. The first-order valence-corrected chi connectivity index (χ1v) is 10.7. The molecule has 2 fully saturated rings. The summed E-state index contributed by atoms with van der Waals surface area (Å²) in [6, 6.07) is 11.3. The Kier molecular flexibility index (Phi) is 6.38. The van der Waals surface area contributed by atoms with E-state index < -0.39 is 0 Å². The van der Waals surface area contributed by atoms with Gasteiger partial charge in [-0.2, -0.15) is 0 Å². The van der Waals surface area contributed by atoms with E-state index in [4.69, 9.17) is 9.15 Å². The molecule has 0 spiro atoms. The molecule has 0 saturated carbocycles. The van der Waals surface area contributed by atoms with Crippen molar-refractivity contribution in [3.05, 3.63) is 48.4 Å². The fourth-order valence-electron chi connectivity index (χ4n) is 4.31. The van der Waals surface area contributed by atoms with Crippen molar-refractivity contribution in [1.82, 2.24) is 10.2 Å². The Morgan fingerprint density at radius 1 is 1.23 bits per heavy atom. The van der Waals surface area contributed by atoms with Crippen molar-refractivity contribution in [2.45, 2.75) is 32.2 Å². The molecule has 1 aromatic heterocycles. The molecule has 160 valence electrons. The summed E-state index contributed by atoms with van der Waals surface area (Å²) in [5.41, 5.74) is 0.796. The summed E-state index contributed by atoms with van der Waals surface area (Å²) in [7, 11) is 0. The van der Waals surface area contributed by atoms with Crippen LogP contribution in [0.4, 0.5) is 5.69 Å². The van der Waals surface area contributed by atoms with E-state index in [0.717, 1.165) is 30.3 Å². The average molecular weight is 412 g/mol. The molecule has 0 unspecified atom stereocenters. The van der Waals surface area contributed by atoms with Crippen LogP contribution < -0.4 is 15.0 Å². The molecule has 2 atom stereocenters. The zero-order chi connectivity index (χ0) is 20.9. The second kappa shape index (κ2) is 9.34. The van der Waals surface area contributed by atoms with Gasteiger partial charge in [0.15, 0.2) is 0 Å². The number of amides is 2. The van der Waals surface area contributed by atoms with E-state index in [1.54, 1.807) is 11.2 Å². The summed E-state index contributed by atoms with van der Waals surface area (Å²) in [6.45, 7) is 5.43. The number of anilines is 1. The maximum atomic E-state index is 12.8. The number of likely N-dealkylation sites (tertiary alicyclic amines) is 1. The van der Waals surface area contributed by atoms with Gasteiger partial charge in [-0.1, -0.05) is 0 Å². The van der Waals surface area contributed by atoms with Crippen LogP contribution in [-0.2, 0) is 9.59 Å². The van der Waals surface area contributed by atoms with Crippen molar-refractivity contribution in [2.75, 3.05) is 37.7 Å². The minimum absolute atomic E-state index is 0.0264. The van der Waals surface area contributed by atoms with E-state index >= 15 is 0 Å². The second-order valence-electron chi connectivity index (χ2n) is 7.85. The minimum Gasteiger partial charge on any atom is -0.494 e. The number of rotatable bonds is 8. The Morgan fingerprint density at radius 2 is 2.00 bits per heavy atom. The first-order valence-electron chi connectivity index (χ1n) is 10.7. The lowest BCUT2D eigenvalue weighted by atomic mass is 10.1. The highest BCUT2D eigenvalue weighted by molar-refractivity contribution is 6.00. The molecule has 7 nitrogen and oxygen atoms in total. The lowest BCUT2D eigenvalue weighted by Gasteiger charge is -2.26. The number of hydrogen-bond donors (Lipinski definition) is 1. The Hall–Kier alpha value is -2.80.